The smallest absolute Gasteiger partial charge is 0.235 e. The summed E-state index contributed by atoms with van der Waals surface area (Å²) >= 11 is 3.43. The molecule has 0 radical (unpaired) electrons. The van der Waals surface area contributed by atoms with Crippen LogP contribution >= 0.6 is 15.9 Å². The summed E-state index contributed by atoms with van der Waals surface area (Å²) in [5.74, 6) is 2.21. The highest BCUT2D eigenvalue weighted by atomic mass is 79.9. The number of aromatic nitrogens is 3. The lowest BCUT2D eigenvalue weighted by molar-refractivity contribution is 0.0722. The summed E-state index contributed by atoms with van der Waals surface area (Å²) in [4.78, 5) is 4.22. The van der Waals surface area contributed by atoms with Crippen molar-refractivity contribution in [2.45, 2.75) is 25.3 Å². The van der Waals surface area contributed by atoms with E-state index in [0.29, 0.717) is 24.9 Å². The molecule has 1 N–H and O–H groups in total. The SMILES string of the molecule is Brc1cccnc1NCc1nnc(C2CCCOC2)o1. The Kier molecular flexibility index (Phi) is 4.27. The molecule has 1 aliphatic rings. The first kappa shape index (κ1) is 13.5. The first-order valence-corrected chi connectivity index (χ1v) is 7.36. The first-order chi connectivity index (χ1) is 9.83. The normalized spacial score (nSPS) is 18.9. The van der Waals surface area contributed by atoms with Gasteiger partial charge in [-0.1, -0.05) is 0 Å². The van der Waals surface area contributed by atoms with Crippen LogP contribution in [0.5, 0.6) is 0 Å². The van der Waals surface area contributed by atoms with Crippen LogP contribution in [0.3, 0.4) is 0 Å². The number of rotatable bonds is 4. The molecule has 3 heterocycles. The van der Waals surface area contributed by atoms with Gasteiger partial charge in [0.25, 0.3) is 0 Å². The molecular weight excluding hydrogens is 324 g/mol. The largest absolute Gasteiger partial charge is 0.423 e. The zero-order chi connectivity index (χ0) is 13.8. The van der Waals surface area contributed by atoms with Gasteiger partial charge < -0.3 is 14.5 Å². The fourth-order valence-corrected chi connectivity index (χ4v) is 2.51. The zero-order valence-corrected chi connectivity index (χ0v) is 12.5. The Hall–Kier alpha value is -1.47. The fourth-order valence-electron chi connectivity index (χ4n) is 2.11. The van der Waals surface area contributed by atoms with Crippen LogP contribution in [0.1, 0.15) is 30.5 Å². The third-order valence-electron chi connectivity index (χ3n) is 3.16. The molecule has 2 aromatic heterocycles. The average Bonchev–Trinajstić information content (AvgIpc) is 2.96. The molecule has 0 saturated carbocycles. The molecule has 0 aliphatic carbocycles. The van der Waals surface area contributed by atoms with Gasteiger partial charge >= 0.3 is 0 Å². The third-order valence-corrected chi connectivity index (χ3v) is 3.80. The summed E-state index contributed by atoms with van der Waals surface area (Å²) in [7, 11) is 0. The molecule has 2 aromatic rings. The lowest BCUT2D eigenvalue weighted by Crippen LogP contribution is -2.15. The van der Waals surface area contributed by atoms with Crippen LogP contribution in [-0.4, -0.2) is 28.4 Å². The summed E-state index contributed by atoms with van der Waals surface area (Å²) in [5, 5.41) is 11.3. The van der Waals surface area contributed by atoms with Gasteiger partial charge in [-0.25, -0.2) is 4.98 Å². The summed E-state index contributed by atoms with van der Waals surface area (Å²) in [6.07, 6.45) is 3.81. The minimum Gasteiger partial charge on any atom is -0.423 e. The lowest BCUT2D eigenvalue weighted by Gasteiger charge is -2.18. The number of pyridine rings is 1. The van der Waals surface area contributed by atoms with Crippen molar-refractivity contribution >= 4 is 21.7 Å². The van der Waals surface area contributed by atoms with E-state index in [0.717, 1.165) is 29.7 Å². The maximum atomic E-state index is 5.68. The van der Waals surface area contributed by atoms with Crippen molar-refractivity contribution in [3.8, 4) is 0 Å². The third kappa shape index (κ3) is 3.16. The topological polar surface area (TPSA) is 73.1 Å². The highest BCUT2D eigenvalue weighted by molar-refractivity contribution is 9.10. The maximum absolute atomic E-state index is 5.68. The number of anilines is 1. The van der Waals surface area contributed by atoms with Gasteiger partial charge in [-0.05, 0) is 40.9 Å². The maximum Gasteiger partial charge on any atom is 0.235 e. The van der Waals surface area contributed by atoms with Gasteiger partial charge in [0.15, 0.2) is 0 Å². The molecule has 0 spiro atoms. The monoisotopic (exact) mass is 338 g/mol. The van der Waals surface area contributed by atoms with Crippen molar-refractivity contribution in [3.63, 3.8) is 0 Å². The molecule has 6 nitrogen and oxygen atoms in total. The van der Waals surface area contributed by atoms with Gasteiger partial charge in [0.05, 0.1) is 23.5 Å². The van der Waals surface area contributed by atoms with Crippen LogP contribution in [0.2, 0.25) is 0 Å². The molecule has 3 rings (SSSR count). The van der Waals surface area contributed by atoms with Crippen LogP contribution in [-0.2, 0) is 11.3 Å². The van der Waals surface area contributed by atoms with E-state index in [9.17, 15) is 0 Å². The van der Waals surface area contributed by atoms with E-state index in [1.54, 1.807) is 6.20 Å². The highest BCUT2D eigenvalue weighted by Crippen LogP contribution is 2.24. The molecule has 0 bridgehead atoms. The summed E-state index contributed by atoms with van der Waals surface area (Å²) < 4.78 is 12.0. The van der Waals surface area contributed by atoms with E-state index in [4.69, 9.17) is 9.15 Å². The Morgan fingerprint density at radius 3 is 3.15 bits per heavy atom. The Balaban J connectivity index is 1.61. The predicted molar refractivity (Wildman–Crippen MR) is 76.4 cm³/mol. The van der Waals surface area contributed by atoms with Crippen LogP contribution < -0.4 is 5.32 Å². The van der Waals surface area contributed by atoms with E-state index in [1.807, 2.05) is 12.1 Å². The number of nitrogens with one attached hydrogen (secondary N) is 1. The van der Waals surface area contributed by atoms with E-state index in [-0.39, 0.29) is 5.92 Å². The molecule has 1 unspecified atom stereocenters. The lowest BCUT2D eigenvalue weighted by atomic mass is 10.0. The second-order valence-corrected chi connectivity index (χ2v) is 5.49. The van der Waals surface area contributed by atoms with Crippen molar-refractivity contribution in [1.29, 1.82) is 0 Å². The standard InChI is InChI=1S/C13H15BrN4O2/c14-10-4-1-5-15-12(10)16-7-11-17-18-13(20-11)9-3-2-6-19-8-9/h1,4-5,9H,2-3,6-8H2,(H,15,16). The van der Waals surface area contributed by atoms with Gasteiger partial charge in [0, 0.05) is 12.8 Å². The quantitative estimate of drug-likeness (QED) is 0.923. The summed E-state index contributed by atoms with van der Waals surface area (Å²) in [5.41, 5.74) is 0. The molecule has 0 aromatic carbocycles. The van der Waals surface area contributed by atoms with Crippen LogP contribution in [0.4, 0.5) is 5.82 Å². The highest BCUT2D eigenvalue weighted by Gasteiger charge is 2.21. The number of hydrogen-bond acceptors (Lipinski definition) is 6. The van der Waals surface area contributed by atoms with E-state index in [2.05, 4.69) is 36.4 Å². The fraction of sp³-hybridized carbons (Fsp3) is 0.462. The summed E-state index contributed by atoms with van der Waals surface area (Å²) in [6.45, 7) is 1.95. The minimum absolute atomic E-state index is 0.228. The van der Waals surface area contributed by atoms with Gasteiger partial charge in [0.1, 0.15) is 5.82 Å². The number of hydrogen-bond donors (Lipinski definition) is 1. The average molecular weight is 339 g/mol. The first-order valence-electron chi connectivity index (χ1n) is 6.57. The number of nitrogens with zero attached hydrogens (tertiary/aromatic N) is 3. The molecule has 20 heavy (non-hydrogen) atoms. The van der Waals surface area contributed by atoms with Crippen molar-refractivity contribution in [2.24, 2.45) is 0 Å². The predicted octanol–water partition coefficient (Wildman–Crippen LogP) is 2.73. The molecule has 1 saturated heterocycles. The summed E-state index contributed by atoms with van der Waals surface area (Å²) in [6, 6.07) is 3.79. The second kappa shape index (κ2) is 6.32. The molecule has 1 fully saturated rings. The molecular formula is C13H15BrN4O2. The van der Waals surface area contributed by atoms with Crippen LogP contribution in [0.25, 0.3) is 0 Å². The van der Waals surface area contributed by atoms with Gasteiger partial charge in [-0.3, -0.25) is 0 Å². The van der Waals surface area contributed by atoms with Crippen molar-refractivity contribution in [2.75, 3.05) is 18.5 Å². The van der Waals surface area contributed by atoms with E-state index in [1.165, 1.54) is 0 Å². The van der Waals surface area contributed by atoms with E-state index < -0.39 is 0 Å². The molecule has 0 amide bonds. The van der Waals surface area contributed by atoms with Gasteiger partial charge in [0.2, 0.25) is 11.8 Å². The van der Waals surface area contributed by atoms with Crippen LogP contribution in [0.15, 0.2) is 27.2 Å². The Bertz CT molecular complexity index is 569. The van der Waals surface area contributed by atoms with Gasteiger partial charge in [-0.15, -0.1) is 10.2 Å². The van der Waals surface area contributed by atoms with Crippen molar-refractivity contribution < 1.29 is 9.15 Å². The molecule has 106 valence electrons. The van der Waals surface area contributed by atoms with Crippen molar-refractivity contribution in [3.05, 3.63) is 34.6 Å². The molecule has 1 aliphatic heterocycles. The number of ether oxygens (including phenoxy) is 1. The van der Waals surface area contributed by atoms with Crippen molar-refractivity contribution in [1.82, 2.24) is 15.2 Å². The minimum atomic E-state index is 0.228. The second-order valence-electron chi connectivity index (χ2n) is 4.64. The van der Waals surface area contributed by atoms with Gasteiger partial charge in [-0.2, -0.15) is 0 Å². The van der Waals surface area contributed by atoms with E-state index >= 15 is 0 Å². The zero-order valence-electron chi connectivity index (χ0n) is 10.9. The Labute approximate surface area is 125 Å². The number of halogens is 1. The Morgan fingerprint density at radius 1 is 1.40 bits per heavy atom. The molecule has 7 heteroatoms. The van der Waals surface area contributed by atoms with Crippen LogP contribution in [0, 0.1) is 0 Å². The molecule has 1 atom stereocenters. The Morgan fingerprint density at radius 2 is 2.35 bits per heavy atom.